The predicted molar refractivity (Wildman–Crippen MR) is 259 cm³/mol. The Morgan fingerprint density at radius 3 is 1.85 bits per heavy atom. The number of carbonyl (C=O) groups is 3. The van der Waals surface area contributed by atoms with Crippen molar-refractivity contribution < 1.29 is 89.1 Å². The third-order valence-corrected chi connectivity index (χ3v) is 13.0. The lowest BCUT2D eigenvalue weighted by molar-refractivity contribution is -0.308. The number of nitrogens with one attached hydrogen (secondary N) is 1. The summed E-state index contributed by atoms with van der Waals surface area (Å²) in [5.74, 6) is -7.01. The molecule has 402 valence electrons. The maximum atomic E-state index is 13.8. The minimum Gasteiger partial charge on any atom is -0.467 e. The van der Waals surface area contributed by atoms with Gasteiger partial charge in [-0.25, -0.2) is 4.79 Å². The first kappa shape index (κ1) is 61.3. The summed E-state index contributed by atoms with van der Waals surface area (Å²) in [6.45, 7) is 8.10. The predicted octanol–water partition coefficient (Wildman–Crippen LogP) is 0.305. The van der Waals surface area contributed by atoms with E-state index >= 15 is 0 Å². The number of methoxy groups -OCH3 is 1. The van der Waals surface area contributed by atoms with Crippen molar-refractivity contribution in [1.82, 2.24) is 5.32 Å². The number of carbonyl (C=O) groups excluding carboxylic acids is 3. The molecule has 2 bridgehead atoms. The van der Waals surface area contributed by atoms with Crippen LogP contribution in [0.5, 0.6) is 0 Å². The fourth-order valence-electron chi connectivity index (χ4n) is 8.52. The van der Waals surface area contributed by atoms with E-state index in [1.807, 2.05) is 13.0 Å². The van der Waals surface area contributed by atoms with Crippen molar-refractivity contribution in [3.05, 3.63) is 85.1 Å². The van der Waals surface area contributed by atoms with Gasteiger partial charge >= 0.3 is 11.9 Å². The highest BCUT2D eigenvalue weighted by molar-refractivity contribution is 5.86. The number of amides is 1. The molecule has 0 saturated carbocycles. The molecule has 0 unspecified atom stereocenters. The molecule has 71 heavy (non-hydrogen) atoms. The van der Waals surface area contributed by atoms with Gasteiger partial charge in [0, 0.05) is 31.1 Å². The Hall–Kier alpha value is -3.97. The molecule has 3 aliphatic rings. The second-order valence-corrected chi connectivity index (χ2v) is 19.0. The first-order valence-corrected chi connectivity index (χ1v) is 24.3. The van der Waals surface area contributed by atoms with Crippen LogP contribution in [0, 0.1) is 17.8 Å². The highest BCUT2D eigenvalue weighted by Crippen LogP contribution is 2.38. The summed E-state index contributed by atoms with van der Waals surface area (Å²) < 4.78 is 28.3. The fourth-order valence-corrected chi connectivity index (χ4v) is 8.52. The molecule has 0 aliphatic carbocycles. The zero-order chi connectivity index (χ0) is 53.0. The second kappa shape index (κ2) is 30.3. The van der Waals surface area contributed by atoms with Gasteiger partial charge in [0.1, 0.15) is 18.2 Å². The van der Waals surface area contributed by atoms with E-state index in [-0.39, 0.29) is 38.0 Å². The maximum Gasteiger partial charge on any atom is 0.328 e. The summed E-state index contributed by atoms with van der Waals surface area (Å²) in [5.41, 5.74) is 6.09. The Morgan fingerprint density at radius 2 is 1.25 bits per heavy atom. The summed E-state index contributed by atoms with van der Waals surface area (Å²) in [5, 5.41) is 112. The van der Waals surface area contributed by atoms with Crippen molar-refractivity contribution in [2.75, 3.05) is 7.11 Å². The van der Waals surface area contributed by atoms with Gasteiger partial charge in [-0.2, -0.15) is 0 Å². The van der Waals surface area contributed by atoms with Crippen molar-refractivity contribution in [3.8, 4) is 0 Å². The van der Waals surface area contributed by atoms with Gasteiger partial charge in [0.2, 0.25) is 5.91 Å². The molecule has 0 aromatic heterocycles. The van der Waals surface area contributed by atoms with Crippen molar-refractivity contribution in [2.24, 2.45) is 23.5 Å². The quantitative estimate of drug-likeness (QED) is 0.165. The van der Waals surface area contributed by atoms with Crippen LogP contribution in [0.2, 0.25) is 0 Å². The molecule has 0 aromatic carbocycles. The molecular formula is C51H80N2O18. The normalized spacial score (nSPS) is 43.0. The number of hydrogen-bond acceptors (Lipinski definition) is 19. The molecule has 1 amide bonds. The van der Waals surface area contributed by atoms with E-state index in [1.54, 1.807) is 86.8 Å². The topological polar surface area (TPSA) is 338 Å². The number of allylic oxidation sites excluding steroid dienone is 12. The van der Waals surface area contributed by atoms with Crippen LogP contribution in [-0.2, 0) is 38.1 Å². The van der Waals surface area contributed by atoms with E-state index in [2.05, 4.69) is 5.32 Å². The van der Waals surface area contributed by atoms with Gasteiger partial charge in [-0.3, -0.25) is 9.59 Å². The number of hydrogen-bond donors (Lipinski definition) is 12. The largest absolute Gasteiger partial charge is 0.467 e. The highest BCUT2D eigenvalue weighted by Gasteiger charge is 2.51. The first-order valence-electron chi connectivity index (χ1n) is 24.3. The van der Waals surface area contributed by atoms with Gasteiger partial charge in [0.25, 0.3) is 0 Å². The Balaban J connectivity index is 1.95. The first-order chi connectivity index (χ1) is 33.5. The van der Waals surface area contributed by atoms with Crippen molar-refractivity contribution in [3.63, 3.8) is 0 Å². The van der Waals surface area contributed by atoms with Gasteiger partial charge in [-0.05, 0) is 46.5 Å². The smallest absolute Gasteiger partial charge is 0.328 e. The lowest BCUT2D eigenvalue weighted by Gasteiger charge is -2.46. The lowest BCUT2D eigenvalue weighted by atomic mass is 9.82. The number of cyclic esters (lactones) is 1. The van der Waals surface area contributed by atoms with E-state index in [0.717, 1.165) is 7.11 Å². The molecule has 20 nitrogen and oxygen atoms in total. The number of aliphatic hydroxyl groups excluding tert-OH is 9. The molecular weight excluding hydrogens is 929 g/mol. The van der Waals surface area contributed by atoms with Gasteiger partial charge in [-0.15, -0.1) is 0 Å². The summed E-state index contributed by atoms with van der Waals surface area (Å²) >= 11 is 0. The third-order valence-electron chi connectivity index (χ3n) is 13.0. The van der Waals surface area contributed by atoms with Crippen LogP contribution in [0.15, 0.2) is 85.1 Å². The number of rotatable bonds is 5. The monoisotopic (exact) mass is 1010 g/mol. The minimum absolute atomic E-state index is 0.155. The Labute approximate surface area is 416 Å². The highest BCUT2D eigenvalue weighted by atomic mass is 16.7. The van der Waals surface area contributed by atoms with Crippen LogP contribution in [-0.4, -0.2) is 180 Å². The van der Waals surface area contributed by atoms with Gasteiger partial charge in [0.05, 0.1) is 92.6 Å². The molecule has 20 atom stereocenters. The maximum absolute atomic E-state index is 13.8. The second-order valence-electron chi connectivity index (χ2n) is 19.0. The average molecular weight is 1010 g/mol. The molecule has 3 aliphatic heterocycles. The standard InChI is InChI=1S/C51H80N2O18/c1-29-19-17-15-13-11-9-7-8-10-12-14-16-18-20-37(70-50-47(63)44(52)46(62)33(5)69-50)26-41-43(48(64)53-31(3)49(65)67-6)40(59)28-51(66,71-41)27-39(58)38(57)22-21-34(54)23-35(55)24-36(56)25-42(60)68-32(4)30(2)45(29)61/h7-20,29-41,43-47,50,54-59,61-63,66H,21-28,52H2,1-6H3,(H,53,64)/b8-7+,11-9+,12-10+,15-13+,16-14+,19-17+,20-18+/t29-,30-,31-,32-,33+,34+,35+,36+,37-,38+,39+,40-,41-,43+,44-,45+,46+,47-,50-,51+/m0/s1. The number of ether oxygens (including phenoxy) is 5. The van der Waals surface area contributed by atoms with Crippen LogP contribution < -0.4 is 11.1 Å². The van der Waals surface area contributed by atoms with Crippen LogP contribution in [0.4, 0.5) is 0 Å². The van der Waals surface area contributed by atoms with Crippen molar-refractivity contribution >= 4 is 17.8 Å². The molecule has 20 heteroatoms. The van der Waals surface area contributed by atoms with E-state index in [1.165, 1.54) is 19.9 Å². The van der Waals surface area contributed by atoms with Gasteiger partial charge < -0.3 is 85.8 Å². The summed E-state index contributed by atoms with van der Waals surface area (Å²) in [7, 11) is 1.13. The molecule has 0 radical (unpaired) electrons. The summed E-state index contributed by atoms with van der Waals surface area (Å²) in [6, 6.07) is -2.34. The third kappa shape index (κ3) is 20.5. The van der Waals surface area contributed by atoms with Crippen LogP contribution in [0.3, 0.4) is 0 Å². The lowest BCUT2D eigenvalue weighted by Crippen LogP contribution is -2.62. The fraction of sp³-hybridized carbons (Fsp3) is 0.667. The number of nitrogens with two attached hydrogens (primary N) is 1. The zero-order valence-corrected chi connectivity index (χ0v) is 41.5. The Bertz CT molecular complexity index is 1860. The van der Waals surface area contributed by atoms with Crippen LogP contribution in [0.25, 0.3) is 0 Å². The molecule has 3 rings (SSSR count). The van der Waals surface area contributed by atoms with Gasteiger partial charge in [0.15, 0.2) is 12.1 Å². The SMILES string of the molecule is COC(=O)[C@H](C)NC(=O)[C@H]1[C@@H]2C[C@@H](O[C@@H]3O[C@H](C)[C@@H](O)[C@H](N)[C@@H]3O)/C=C/C=C/C=C/C=C/C=C/C=C/C=C/[C@H](C)[C@@H](O)[C@@H](C)[C@H](C)OC(=O)C[C@H](O)C[C@H](O)C[C@H](O)CC[C@@H](O)[C@H](O)C[C@](O)(C[C@@H]1O)O2. The number of aliphatic hydroxyl groups is 10. The van der Waals surface area contributed by atoms with Crippen LogP contribution >= 0.6 is 0 Å². The summed E-state index contributed by atoms with van der Waals surface area (Å²) in [4.78, 5) is 38.8. The molecule has 3 heterocycles. The molecule has 0 spiro atoms. The van der Waals surface area contributed by atoms with E-state index in [4.69, 9.17) is 29.4 Å². The molecule has 13 N–H and O–H groups in total. The number of fused-ring (bicyclic) bond motifs is 2. The molecule has 2 saturated heterocycles. The molecule has 2 fully saturated rings. The summed E-state index contributed by atoms with van der Waals surface area (Å²) in [6.07, 6.45) is 3.29. The molecule has 0 aromatic rings. The van der Waals surface area contributed by atoms with E-state index < -0.39 is 152 Å². The van der Waals surface area contributed by atoms with Crippen molar-refractivity contribution in [2.45, 2.75) is 189 Å². The average Bonchev–Trinajstić information content (AvgIpc) is 3.29. The van der Waals surface area contributed by atoms with Crippen LogP contribution in [0.1, 0.15) is 86.0 Å². The van der Waals surface area contributed by atoms with Gasteiger partial charge in [-0.1, -0.05) is 98.9 Å². The Kier molecular flexibility index (Phi) is 26.2. The zero-order valence-electron chi connectivity index (χ0n) is 41.5. The Morgan fingerprint density at radius 1 is 0.704 bits per heavy atom. The van der Waals surface area contributed by atoms with Crippen molar-refractivity contribution in [1.29, 1.82) is 0 Å². The van der Waals surface area contributed by atoms with E-state index in [9.17, 15) is 65.4 Å². The number of esters is 2. The van der Waals surface area contributed by atoms with E-state index in [0.29, 0.717) is 0 Å². The minimum atomic E-state index is -2.39.